The van der Waals surface area contributed by atoms with Crippen LogP contribution in [0, 0.1) is 0 Å². The van der Waals surface area contributed by atoms with Crippen molar-refractivity contribution in [2.24, 2.45) is 0 Å². The molecule has 0 aliphatic heterocycles. The lowest BCUT2D eigenvalue weighted by molar-refractivity contribution is 0.669. The molecule has 81 heavy (non-hydrogen) atoms. The van der Waals surface area contributed by atoms with Crippen LogP contribution < -0.4 is 163 Å². The van der Waals surface area contributed by atoms with Crippen molar-refractivity contribution in [2.75, 3.05) is 4.90 Å². The maximum atomic E-state index is 7.94. The Balaban J connectivity index is 1.37. The molecule has 360 valence electrons. The SMILES string of the molecule is Bc1c(B)c(B)c(-c2c(B)c(B)c(N(c3c(B)c(B)c4c(oc5c(-c6c(B)c(B)c(B)c(B)c6B)c6c(oc7c(B)c(B)c(B)c(B)c76)c(B)c54)c3B)c3c(B)c(B)c(B)c4c3oc3c(B)c(B)c(B)c(B)c34)c(B)c2B)c(B)c1B. The van der Waals surface area contributed by atoms with Crippen LogP contribution in [0.1, 0.15) is 0 Å². The molecule has 0 radical (unpaired) electrons. The van der Waals surface area contributed by atoms with Gasteiger partial charge in [-0.1, -0.05) is 104 Å². The van der Waals surface area contributed by atoms with Crippen LogP contribution in [0.3, 0.4) is 0 Å². The molecule has 0 saturated heterocycles. The van der Waals surface area contributed by atoms with Crippen LogP contribution >= 0.6 is 0 Å². The zero-order chi connectivity index (χ0) is 59.4. The van der Waals surface area contributed by atoms with E-state index in [0.717, 1.165) is 77.5 Å². The number of hydrogen-bond acceptors (Lipinski definition) is 4. The fraction of sp³-hybridized carbons (Fsp3) is 0. The second-order valence-electron chi connectivity index (χ2n) is 25.5. The van der Waals surface area contributed by atoms with Gasteiger partial charge in [-0.25, -0.2) is 0 Å². The van der Waals surface area contributed by atoms with E-state index in [2.05, 4.69) is 232 Å². The van der Waals surface area contributed by atoms with Crippen LogP contribution in [0.5, 0.6) is 0 Å². The van der Waals surface area contributed by atoms with Crippen LogP contribution in [0.15, 0.2) is 13.3 Å². The molecule has 0 N–H and O–H groups in total. The van der Waals surface area contributed by atoms with Crippen LogP contribution in [-0.2, 0) is 0 Å². The largest absolute Gasteiger partial charge is 0.457 e. The zero-order valence-electron chi connectivity index (χ0n) is 54.7. The second-order valence-corrected chi connectivity index (χ2v) is 25.5. The molecule has 0 aliphatic carbocycles. The number of nitrogens with zero attached hydrogens (tertiary/aromatic N) is 1. The van der Waals surface area contributed by atoms with E-state index in [4.69, 9.17) is 13.3 Å². The number of rotatable bonds is 5. The quantitative estimate of drug-likeness (QED) is 0.161. The van der Waals surface area contributed by atoms with E-state index in [0.29, 0.717) is 0 Å². The highest BCUT2D eigenvalue weighted by Crippen LogP contribution is 2.43. The third-order valence-electron chi connectivity index (χ3n) is 22.5. The van der Waals surface area contributed by atoms with E-state index in [1.165, 1.54) is 186 Å². The van der Waals surface area contributed by atoms with Gasteiger partial charge in [-0.15, -0.1) is 43.7 Å². The molecule has 0 aliphatic rings. The van der Waals surface area contributed by atoms with Crippen molar-refractivity contribution in [1.29, 1.82) is 0 Å². The monoisotopic (exact) mass is 1020 g/mol. The van der Waals surface area contributed by atoms with Crippen LogP contribution in [0.4, 0.5) is 17.1 Å². The summed E-state index contributed by atoms with van der Waals surface area (Å²) < 4.78 is 22.9. The third kappa shape index (κ3) is 7.45. The molecule has 8 aromatic carbocycles. The minimum atomic E-state index is 0.905. The fourth-order valence-electron chi connectivity index (χ4n) is 15.3. The molecule has 0 saturated carbocycles. The highest BCUT2D eigenvalue weighted by Gasteiger charge is 2.35. The van der Waals surface area contributed by atoms with Gasteiger partial charge in [-0.3, -0.25) is 0 Å². The van der Waals surface area contributed by atoms with Crippen molar-refractivity contribution >= 4 is 469 Å². The van der Waals surface area contributed by atoms with Gasteiger partial charge in [0.1, 0.15) is 255 Å². The molecular weight excluding hydrogens is 952 g/mol. The summed E-state index contributed by atoms with van der Waals surface area (Å²) in [6.07, 6.45) is 0. The van der Waals surface area contributed by atoms with Crippen molar-refractivity contribution in [3.63, 3.8) is 0 Å². The normalized spacial score (nSPS) is 11.9. The van der Waals surface area contributed by atoms with Crippen molar-refractivity contribution in [2.45, 2.75) is 0 Å². The van der Waals surface area contributed by atoms with Gasteiger partial charge in [0, 0.05) is 49.3 Å². The second kappa shape index (κ2) is 19.5. The van der Waals surface area contributed by atoms with E-state index in [1.54, 1.807) is 0 Å². The van der Waals surface area contributed by atoms with Crippen molar-refractivity contribution in [3.8, 4) is 22.3 Å². The lowest BCUT2D eigenvalue weighted by Crippen LogP contribution is -2.57. The molecule has 11 rings (SSSR count). The Hall–Kier alpha value is -5.16. The molecular formula is C48H58B29NO3. The van der Waals surface area contributed by atoms with Gasteiger partial charge >= 0.3 is 0 Å². The van der Waals surface area contributed by atoms with Gasteiger partial charge in [-0.2, -0.15) is 0 Å². The van der Waals surface area contributed by atoms with Gasteiger partial charge in [0.15, 0.2) is 5.58 Å². The molecule has 0 spiro atoms. The molecule has 3 aromatic heterocycles. The summed E-state index contributed by atoms with van der Waals surface area (Å²) in [6, 6.07) is 0. The Bertz CT molecular complexity index is 4740. The summed E-state index contributed by atoms with van der Waals surface area (Å²) in [7, 11) is 66.8. The Kier molecular flexibility index (Phi) is 13.8. The number of hydrogen-bond donors (Lipinski definition) is 0. The lowest BCUT2D eigenvalue weighted by Gasteiger charge is -2.37. The standard InChI is InChI=1S/C48H58B29NO3/c49-11-3(12(50)23(61)29(67)22(11)60)1-2-6-17(55)26(64)31(69)37(75)45(6)80-44(2)21(59)10-8-20(58)35(73)41(39(77)47(8)79-43(1)10)78(40-33(71)15(53)5(16(54)34(40)72)4-13(51)24(62)30(68)25(63)14(4)52)42-36(74)28(66)19(57)9-7-18(56)27(65)32(70)38(76)46(7)81-48(9)42/h49-77H2. The summed E-state index contributed by atoms with van der Waals surface area (Å²) in [6.45, 7) is 0. The Morgan fingerprint density at radius 3 is 0.802 bits per heavy atom. The van der Waals surface area contributed by atoms with Gasteiger partial charge in [0.2, 0.25) is 0 Å². The van der Waals surface area contributed by atoms with Crippen molar-refractivity contribution in [1.82, 2.24) is 0 Å². The van der Waals surface area contributed by atoms with E-state index in [1.807, 2.05) is 0 Å². The third-order valence-corrected chi connectivity index (χ3v) is 22.5. The van der Waals surface area contributed by atoms with E-state index < -0.39 is 0 Å². The molecule has 4 nitrogen and oxygen atoms in total. The van der Waals surface area contributed by atoms with E-state index in [-0.39, 0.29) is 0 Å². The number of benzene rings is 8. The molecule has 3 heterocycles. The first-order valence-corrected chi connectivity index (χ1v) is 29.6. The predicted octanol–water partition coefficient (Wildman–Crippen LogP) is -36.3. The molecule has 33 heteroatoms. The zero-order valence-corrected chi connectivity index (χ0v) is 54.7. The lowest BCUT2D eigenvalue weighted by atomic mass is 9.56. The molecule has 0 bridgehead atoms. The summed E-state index contributed by atoms with van der Waals surface area (Å²) >= 11 is 0. The van der Waals surface area contributed by atoms with Crippen LogP contribution in [0.25, 0.3) is 88.1 Å². The van der Waals surface area contributed by atoms with Crippen LogP contribution in [-0.4, -0.2) is 228 Å². The highest BCUT2D eigenvalue weighted by molar-refractivity contribution is 6.76. The maximum absolute atomic E-state index is 7.94. The Labute approximate surface area is 505 Å². The summed E-state index contributed by atoms with van der Waals surface area (Å²) in [5.41, 5.74) is 51.1. The molecule has 0 unspecified atom stereocenters. The minimum absolute atomic E-state index is 0.905. The van der Waals surface area contributed by atoms with Gasteiger partial charge in [0.25, 0.3) is 0 Å². The summed E-state index contributed by atoms with van der Waals surface area (Å²) in [5.74, 6) is 0. The first-order valence-electron chi connectivity index (χ1n) is 29.6. The average Bonchev–Trinajstić information content (AvgIpc) is 4.38. The summed E-state index contributed by atoms with van der Waals surface area (Å²) in [4.78, 5) is 2.65. The number of furan rings is 3. The van der Waals surface area contributed by atoms with E-state index in [9.17, 15) is 0 Å². The Morgan fingerprint density at radius 1 is 0.148 bits per heavy atom. The Morgan fingerprint density at radius 2 is 0.370 bits per heavy atom. The number of fused-ring (bicyclic) bond motifs is 9. The fourth-order valence-corrected chi connectivity index (χ4v) is 15.3. The summed E-state index contributed by atoms with van der Waals surface area (Å²) in [5, 5.41) is 7.04. The smallest absolute Gasteiger partial charge is 0.158 e. The minimum Gasteiger partial charge on any atom is -0.457 e. The van der Waals surface area contributed by atoms with Crippen LogP contribution in [0.2, 0.25) is 0 Å². The van der Waals surface area contributed by atoms with Gasteiger partial charge < -0.3 is 18.2 Å². The van der Waals surface area contributed by atoms with E-state index >= 15 is 0 Å². The molecule has 0 atom stereocenters. The topological polar surface area (TPSA) is 42.7 Å². The van der Waals surface area contributed by atoms with Gasteiger partial charge in [-0.05, 0) is 27.6 Å². The average molecular weight is 1010 g/mol. The highest BCUT2D eigenvalue weighted by atomic mass is 16.3. The number of anilines is 3. The first-order chi connectivity index (χ1) is 37.9. The van der Waals surface area contributed by atoms with Crippen molar-refractivity contribution in [3.05, 3.63) is 0 Å². The molecule has 0 fully saturated rings. The molecule has 11 aromatic rings. The van der Waals surface area contributed by atoms with Gasteiger partial charge in [0.05, 0.1) is 5.69 Å². The predicted molar refractivity (Wildman–Crippen MR) is 451 cm³/mol. The maximum Gasteiger partial charge on any atom is 0.158 e. The molecule has 0 amide bonds. The van der Waals surface area contributed by atoms with Crippen molar-refractivity contribution < 1.29 is 13.3 Å². The first kappa shape index (κ1) is 57.7.